The molecular weight excluding hydrogens is 358 g/mol. The van der Waals surface area contributed by atoms with Crippen molar-refractivity contribution in [2.24, 2.45) is 0 Å². The molecule has 0 bridgehead atoms. The van der Waals surface area contributed by atoms with Crippen molar-refractivity contribution in [1.29, 1.82) is 0 Å². The predicted molar refractivity (Wildman–Crippen MR) is 111 cm³/mol. The molecule has 142 valence electrons. The number of rotatable bonds is 8. The van der Waals surface area contributed by atoms with Crippen LogP contribution in [-0.4, -0.2) is 34.4 Å². The summed E-state index contributed by atoms with van der Waals surface area (Å²) >= 11 is 1.47. The average molecular weight is 384 g/mol. The molecule has 0 saturated heterocycles. The van der Waals surface area contributed by atoms with Crippen molar-refractivity contribution in [3.8, 4) is 0 Å². The smallest absolute Gasteiger partial charge is 0.237 e. The Balaban J connectivity index is 1.74. The number of hydrogen-bond donors (Lipinski definition) is 1. The number of hydrogen-bond acceptors (Lipinski definition) is 4. The van der Waals surface area contributed by atoms with Crippen molar-refractivity contribution in [2.45, 2.75) is 37.2 Å². The van der Waals surface area contributed by atoms with Gasteiger partial charge in [-0.25, -0.2) is 4.98 Å². The first-order chi connectivity index (χ1) is 13.1. The Kier molecular flexibility index (Phi) is 6.53. The predicted octanol–water partition coefficient (Wildman–Crippen LogP) is 4.36. The molecule has 6 heteroatoms. The topological polar surface area (TPSA) is 56.2 Å². The van der Waals surface area contributed by atoms with Crippen molar-refractivity contribution in [3.63, 3.8) is 0 Å². The molecule has 3 aromatic rings. The van der Waals surface area contributed by atoms with E-state index in [2.05, 4.69) is 16.8 Å². The van der Waals surface area contributed by atoms with Crippen LogP contribution in [0.2, 0.25) is 0 Å². The summed E-state index contributed by atoms with van der Waals surface area (Å²) in [6.07, 6.45) is 0.984. The van der Waals surface area contributed by atoms with Crippen molar-refractivity contribution < 1.29 is 9.53 Å². The fourth-order valence-corrected chi connectivity index (χ4v) is 3.77. The number of ether oxygens (including phenoxy) is 1. The van der Waals surface area contributed by atoms with Gasteiger partial charge in [0.15, 0.2) is 5.16 Å². The van der Waals surface area contributed by atoms with Crippen LogP contribution in [0.3, 0.4) is 0 Å². The molecule has 5 nitrogen and oxygen atoms in total. The van der Waals surface area contributed by atoms with E-state index in [1.54, 1.807) is 7.11 Å². The Bertz CT molecular complexity index is 905. The number of anilines is 1. The molecule has 1 amide bonds. The summed E-state index contributed by atoms with van der Waals surface area (Å²) in [5.41, 5.74) is 4.05. The normalized spacial score (nSPS) is 12.3. The molecule has 1 unspecified atom stereocenters. The largest absolute Gasteiger partial charge is 0.383 e. The van der Waals surface area contributed by atoms with E-state index in [0.29, 0.717) is 13.2 Å². The number of methoxy groups -OCH3 is 1. The lowest BCUT2D eigenvalue weighted by Crippen LogP contribution is -2.23. The van der Waals surface area contributed by atoms with Crippen LogP contribution in [0.1, 0.15) is 19.4 Å². The standard InChI is InChI=1S/C21H25N3O2S/c1-4-16-9-11-17(12-10-16)22-20(25)15(2)27-21-23-18-7-5-6-8-19(18)24(21)13-14-26-3/h5-12,15H,4,13-14H2,1-3H3,(H,22,25). The number of carbonyl (C=O) groups is 1. The molecular formula is C21H25N3O2S. The first-order valence-electron chi connectivity index (χ1n) is 9.13. The SMILES string of the molecule is CCc1ccc(NC(=O)C(C)Sc2nc3ccccc3n2CCOC)cc1. The van der Waals surface area contributed by atoms with Crippen molar-refractivity contribution >= 4 is 34.4 Å². The van der Waals surface area contributed by atoms with Gasteiger partial charge >= 0.3 is 0 Å². The molecule has 0 aliphatic carbocycles. The third-order valence-electron chi connectivity index (χ3n) is 4.42. The number of nitrogens with one attached hydrogen (secondary N) is 1. The fraction of sp³-hybridized carbons (Fsp3) is 0.333. The van der Waals surface area contributed by atoms with Gasteiger partial charge in [0.25, 0.3) is 0 Å². The van der Waals surface area contributed by atoms with Gasteiger partial charge in [0, 0.05) is 19.3 Å². The van der Waals surface area contributed by atoms with E-state index in [0.717, 1.165) is 28.3 Å². The second-order valence-electron chi connectivity index (χ2n) is 6.33. The number of para-hydroxylation sites is 2. The van der Waals surface area contributed by atoms with E-state index in [1.807, 2.05) is 55.5 Å². The van der Waals surface area contributed by atoms with Gasteiger partial charge in [0.2, 0.25) is 5.91 Å². The molecule has 0 radical (unpaired) electrons. The van der Waals surface area contributed by atoms with Crippen molar-refractivity contribution in [2.75, 3.05) is 19.0 Å². The molecule has 0 fully saturated rings. The summed E-state index contributed by atoms with van der Waals surface area (Å²) in [5, 5.41) is 3.55. The third kappa shape index (κ3) is 4.70. The summed E-state index contributed by atoms with van der Waals surface area (Å²) in [6.45, 7) is 5.31. The molecule has 2 aromatic carbocycles. The summed E-state index contributed by atoms with van der Waals surface area (Å²) < 4.78 is 7.35. The Morgan fingerprint density at radius 1 is 1.22 bits per heavy atom. The lowest BCUT2D eigenvalue weighted by Gasteiger charge is -2.13. The Hall–Kier alpha value is -2.31. The van der Waals surface area contributed by atoms with Gasteiger partial charge < -0.3 is 14.6 Å². The molecule has 1 heterocycles. The number of carbonyl (C=O) groups excluding carboxylic acids is 1. The van der Waals surface area contributed by atoms with Crippen LogP contribution in [0.4, 0.5) is 5.69 Å². The molecule has 0 saturated carbocycles. The maximum Gasteiger partial charge on any atom is 0.237 e. The van der Waals surface area contributed by atoms with E-state index >= 15 is 0 Å². The highest BCUT2D eigenvalue weighted by Gasteiger charge is 2.19. The van der Waals surface area contributed by atoms with Gasteiger partial charge in [-0.3, -0.25) is 4.79 Å². The second kappa shape index (κ2) is 9.06. The Labute approximate surface area is 164 Å². The van der Waals surface area contributed by atoms with Crippen LogP contribution >= 0.6 is 11.8 Å². The van der Waals surface area contributed by atoms with Gasteiger partial charge in [-0.1, -0.05) is 43.0 Å². The van der Waals surface area contributed by atoms with E-state index in [9.17, 15) is 4.79 Å². The zero-order chi connectivity index (χ0) is 19.2. The molecule has 1 N–H and O–H groups in total. The zero-order valence-corrected chi connectivity index (χ0v) is 16.8. The highest BCUT2D eigenvalue weighted by atomic mass is 32.2. The lowest BCUT2D eigenvalue weighted by molar-refractivity contribution is -0.115. The fourth-order valence-electron chi connectivity index (χ4n) is 2.82. The molecule has 1 atom stereocenters. The summed E-state index contributed by atoms with van der Waals surface area (Å²) in [4.78, 5) is 17.3. The quantitative estimate of drug-likeness (QED) is 0.587. The number of fused-ring (bicyclic) bond motifs is 1. The van der Waals surface area contributed by atoms with Crippen molar-refractivity contribution in [1.82, 2.24) is 9.55 Å². The Morgan fingerprint density at radius 2 is 1.96 bits per heavy atom. The van der Waals surface area contributed by atoms with Crippen LogP contribution in [0, 0.1) is 0 Å². The minimum Gasteiger partial charge on any atom is -0.383 e. The van der Waals surface area contributed by atoms with E-state index in [1.165, 1.54) is 17.3 Å². The number of nitrogens with zero attached hydrogens (tertiary/aromatic N) is 2. The minimum atomic E-state index is -0.269. The van der Waals surface area contributed by atoms with Crippen LogP contribution < -0.4 is 5.32 Å². The number of benzene rings is 2. The van der Waals surface area contributed by atoms with Gasteiger partial charge in [-0.15, -0.1) is 0 Å². The van der Waals surface area contributed by atoms with Crippen molar-refractivity contribution in [3.05, 3.63) is 54.1 Å². The van der Waals surface area contributed by atoms with Crippen LogP contribution in [0.15, 0.2) is 53.7 Å². The molecule has 3 rings (SSSR count). The highest BCUT2D eigenvalue weighted by Crippen LogP contribution is 2.28. The molecule has 1 aromatic heterocycles. The highest BCUT2D eigenvalue weighted by molar-refractivity contribution is 8.00. The summed E-state index contributed by atoms with van der Waals surface area (Å²) in [7, 11) is 1.69. The second-order valence-corrected chi connectivity index (χ2v) is 7.64. The number of amides is 1. The van der Waals surface area contributed by atoms with E-state index in [-0.39, 0.29) is 11.2 Å². The van der Waals surface area contributed by atoms with E-state index in [4.69, 9.17) is 9.72 Å². The van der Waals surface area contributed by atoms with Crippen LogP contribution in [0.25, 0.3) is 11.0 Å². The van der Waals surface area contributed by atoms with Gasteiger partial charge in [0.05, 0.1) is 22.9 Å². The van der Waals surface area contributed by atoms with Gasteiger partial charge in [-0.2, -0.15) is 0 Å². The van der Waals surface area contributed by atoms with Crippen LogP contribution in [-0.2, 0) is 22.5 Å². The number of imidazole rings is 1. The number of aryl methyl sites for hydroxylation is 1. The Morgan fingerprint density at radius 3 is 2.67 bits per heavy atom. The molecule has 0 aliphatic rings. The minimum absolute atomic E-state index is 0.0328. The number of aromatic nitrogens is 2. The van der Waals surface area contributed by atoms with Gasteiger partial charge in [0.1, 0.15) is 0 Å². The first-order valence-corrected chi connectivity index (χ1v) is 10.0. The number of thioether (sulfide) groups is 1. The van der Waals surface area contributed by atoms with Gasteiger partial charge in [-0.05, 0) is 43.2 Å². The summed E-state index contributed by atoms with van der Waals surface area (Å²) in [5.74, 6) is -0.0328. The third-order valence-corrected chi connectivity index (χ3v) is 5.51. The van der Waals surface area contributed by atoms with Crippen LogP contribution in [0.5, 0.6) is 0 Å². The molecule has 27 heavy (non-hydrogen) atoms. The maximum atomic E-state index is 12.6. The maximum absolute atomic E-state index is 12.6. The van der Waals surface area contributed by atoms with E-state index < -0.39 is 0 Å². The summed E-state index contributed by atoms with van der Waals surface area (Å²) in [6, 6.07) is 16.0. The lowest BCUT2D eigenvalue weighted by atomic mass is 10.1. The first kappa shape index (κ1) is 19.5. The molecule has 0 aliphatic heterocycles. The average Bonchev–Trinajstić information content (AvgIpc) is 3.03. The zero-order valence-electron chi connectivity index (χ0n) is 15.9. The monoisotopic (exact) mass is 383 g/mol. The molecule has 0 spiro atoms.